The Kier molecular flexibility index (Phi) is 5.84. The second-order valence-corrected chi connectivity index (χ2v) is 6.47. The summed E-state index contributed by atoms with van der Waals surface area (Å²) in [5, 5.41) is 16.6. The molecule has 1 aliphatic rings. The van der Waals surface area contributed by atoms with Crippen molar-refractivity contribution in [3.8, 4) is 0 Å². The zero-order valence-corrected chi connectivity index (χ0v) is 14.9. The molecule has 2 amide bonds. The summed E-state index contributed by atoms with van der Waals surface area (Å²) in [6.45, 7) is 0. The molecular weight excluding hydrogens is 363 g/mol. The van der Waals surface area contributed by atoms with Crippen LogP contribution in [0.1, 0.15) is 23.2 Å². The van der Waals surface area contributed by atoms with Crippen LogP contribution in [-0.4, -0.2) is 17.8 Å². The Morgan fingerprint density at radius 1 is 0.893 bits per heavy atom. The minimum Gasteiger partial charge on any atom is -0.550 e. The smallest absolute Gasteiger partial charge is 0.257 e. The van der Waals surface area contributed by atoms with E-state index < -0.39 is 35.4 Å². The second-order valence-electron chi connectivity index (χ2n) is 6.47. The van der Waals surface area contributed by atoms with Crippen LogP contribution in [0, 0.1) is 17.7 Å². The predicted molar refractivity (Wildman–Crippen MR) is 99.8 cm³/mol. The first-order valence-corrected chi connectivity index (χ1v) is 8.78. The average Bonchev–Trinajstić information content (AvgIpc) is 2.70. The third-order valence-electron chi connectivity index (χ3n) is 4.60. The molecule has 0 aliphatic heterocycles. The number of amides is 2. The zero-order valence-electron chi connectivity index (χ0n) is 14.9. The molecule has 0 radical (unpaired) electrons. The summed E-state index contributed by atoms with van der Waals surface area (Å²) < 4.78 is 13.0. The molecule has 0 fully saturated rings. The number of carboxylic acid groups (broad SMARTS) is 1. The van der Waals surface area contributed by atoms with Gasteiger partial charge in [0.2, 0.25) is 5.91 Å². The number of hydrogen-bond acceptors (Lipinski definition) is 4. The molecule has 28 heavy (non-hydrogen) atoms. The van der Waals surface area contributed by atoms with Gasteiger partial charge in [0.25, 0.3) is 5.91 Å². The van der Waals surface area contributed by atoms with E-state index >= 15 is 0 Å². The van der Waals surface area contributed by atoms with Gasteiger partial charge in [-0.2, -0.15) is 0 Å². The SMILES string of the molecule is O=C(Nc1ccc(F)cc1)c1ccccc1NC(=O)[C@@H]1CC=CC[C@H]1C(=O)[O-]. The van der Waals surface area contributed by atoms with Crippen molar-refractivity contribution in [2.75, 3.05) is 10.6 Å². The number of carbonyl (C=O) groups is 3. The highest BCUT2D eigenvalue weighted by Crippen LogP contribution is 2.27. The van der Waals surface area contributed by atoms with Crippen molar-refractivity contribution in [3.05, 3.63) is 72.1 Å². The maximum Gasteiger partial charge on any atom is 0.257 e. The van der Waals surface area contributed by atoms with E-state index in [1.165, 1.54) is 30.3 Å². The van der Waals surface area contributed by atoms with Gasteiger partial charge < -0.3 is 20.5 Å². The van der Waals surface area contributed by atoms with Crippen LogP contribution in [0.3, 0.4) is 0 Å². The van der Waals surface area contributed by atoms with Crippen molar-refractivity contribution >= 4 is 29.2 Å². The fraction of sp³-hybridized carbons (Fsp3) is 0.190. The van der Waals surface area contributed by atoms with Crippen LogP contribution in [0.2, 0.25) is 0 Å². The average molecular weight is 381 g/mol. The Labute approximate surface area is 161 Å². The number of para-hydroxylation sites is 1. The van der Waals surface area contributed by atoms with E-state index in [1.807, 2.05) is 0 Å². The molecule has 7 heteroatoms. The van der Waals surface area contributed by atoms with Gasteiger partial charge in [0, 0.05) is 17.6 Å². The van der Waals surface area contributed by atoms with Crippen molar-refractivity contribution in [2.24, 2.45) is 11.8 Å². The van der Waals surface area contributed by atoms with Gasteiger partial charge in [-0.15, -0.1) is 0 Å². The van der Waals surface area contributed by atoms with Gasteiger partial charge in [0.1, 0.15) is 5.82 Å². The van der Waals surface area contributed by atoms with E-state index in [1.54, 1.807) is 30.4 Å². The number of anilines is 2. The van der Waals surface area contributed by atoms with E-state index in [-0.39, 0.29) is 24.1 Å². The minimum absolute atomic E-state index is 0.205. The number of benzene rings is 2. The summed E-state index contributed by atoms with van der Waals surface area (Å²) in [4.78, 5) is 36.5. The van der Waals surface area contributed by atoms with E-state index in [2.05, 4.69) is 10.6 Å². The van der Waals surface area contributed by atoms with Crippen molar-refractivity contribution in [3.63, 3.8) is 0 Å². The Hall–Kier alpha value is -3.48. The number of halogens is 1. The van der Waals surface area contributed by atoms with E-state index in [9.17, 15) is 23.9 Å². The molecule has 2 aromatic carbocycles. The summed E-state index contributed by atoms with van der Waals surface area (Å²) in [6.07, 6.45) is 3.99. The number of carboxylic acids is 1. The highest BCUT2D eigenvalue weighted by atomic mass is 19.1. The maximum absolute atomic E-state index is 13.0. The molecule has 1 aliphatic carbocycles. The van der Waals surface area contributed by atoms with Crippen LogP contribution >= 0.6 is 0 Å². The lowest BCUT2D eigenvalue weighted by atomic mass is 9.82. The molecular formula is C21H18FN2O4-. The lowest BCUT2D eigenvalue weighted by Crippen LogP contribution is -2.41. The molecule has 0 spiro atoms. The normalized spacial score (nSPS) is 18.3. The molecule has 0 unspecified atom stereocenters. The Morgan fingerprint density at radius 3 is 2.21 bits per heavy atom. The van der Waals surface area contributed by atoms with Crippen LogP contribution in [0.5, 0.6) is 0 Å². The number of aliphatic carboxylic acids is 1. The van der Waals surface area contributed by atoms with Gasteiger partial charge in [0.05, 0.1) is 17.2 Å². The lowest BCUT2D eigenvalue weighted by Gasteiger charge is -2.28. The first kappa shape index (κ1) is 19.3. The topological polar surface area (TPSA) is 98.3 Å². The van der Waals surface area contributed by atoms with Gasteiger partial charge in [-0.05, 0) is 49.2 Å². The Balaban J connectivity index is 1.77. The van der Waals surface area contributed by atoms with E-state index in [0.717, 1.165) is 0 Å². The van der Waals surface area contributed by atoms with Crippen LogP contribution in [0.4, 0.5) is 15.8 Å². The first-order chi connectivity index (χ1) is 13.5. The van der Waals surface area contributed by atoms with Crippen molar-refractivity contribution in [1.29, 1.82) is 0 Å². The van der Waals surface area contributed by atoms with Crippen LogP contribution in [0.15, 0.2) is 60.7 Å². The summed E-state index contributed by atoms with van der Waals surface area (Å²) in [6, 6.07) is 11.7. The van der Waals surface area contributed by atoms with Crippen molar-refractivity contribution < 1.29 is 23.9 Å². The van der Waals surface area contributed by atoms with Crippen LogP contribution < -0.4 is 15.7 Å². The fourth-order valence-corrected chi connectivity index (χ4v) is 3.11. The third-order valence-corrected chi connectivity index (χ3v) is 4.60. The fourth-order valence-electron chi connectivity index (χ4n) is 3.11. The Bertz CT molecular complexity index is 924. The van der Waals surface area contributed by atoms with Gasteiger partial charge in [-0.3, -0.25) is 9.59 Å². The molecule has 6 nitrogen and oxygen atoms in total. The van der Waals surface area contributed by atoms with Crippen LogP contribution in [-0.2, 0) is 9.59 Å². The quantitative estimate of drug-likeness (QED) is 0.777. The van der Waals surface area contributed by atoms with E-state index in [0.29, 0.717) is 5.69 Å². The maximum atomic E-state index is 13.0. The van der Waals surface area contributed by atoms with E-state index in [4.69, 9.17) is 0 Å². The molecule has 2 N–H and O–H groups in total. The third kappa shape index (κ3) is 4.43. The highest BCUT2D eigenvalue weighted by molar-refractivity contribution is 6.10. The first-order valence-electron chi connectivity index (χ1n) is 8.78. The molecule has 0 heterocycles. The zero-order chi connectivity index (χ0) is 20.1. The molecule has 0 saturated carbocycles. The molecule has 0 saturated heterocycles. The monoisotopic (exact) mass is 381 g/mol. The number of hydrogen-bond donors (Lipinski definition) is 2. The lowest BCUT2D eigenvalue weighted by molar-refractivity contribution is -0.313. The number of allylic oxidation sites excluding steroid dienone is 2. The Morgan fingerprint density at radius 2 is 1.54 bits per heavy atom. The minimum atomic E-state index is -1.27. The summed E-state index contributed by atoms with van der Waals surface area (Å²) in [7, 11) is 0. The standard InChI is InChI=1S/C21H19FN2O4/c22-13-9-11-14(12-10-13)23-20(26)17-7-3-4-8-18(17)24-19(25)15-5-1-2-6-16(15)21(27)28/h1-4,7-12,15-16H,5-6H2,(H,23,26)(H,24,25)(H,27,28)/p-1/t15-,16-/m1/s1. The molecule has 2 aromatic rings. The van der Waals surface area contributed by atoms with Gasteiger partial charge in [0.15, 0.2) is 0 Å². The van der Waals surface area contributed by atoms with Crippen LogP contribution in [0.25, 0.3) is 0 Å². The molecule has 0 bridgehead atoms. The van der Waals surface area contributed by atoms with Gasteiger partial charge in [-0.25, -0.2) is 4.39 Å². The summed E-state index contributed by atoms with van der Waals surface area (Å²) in [5.41, 5.74) is 0.872. The molecule has 0 aromatic heterocycles. The summed E-state index contributed by atoms with van der Waals surface area (Å²) in [5.74, 6) is -4.35. The predicted octanol–water partition coefficient (Wildman–Crippen LogP) is 2.35. The van der Waals surface area contributed by atoms with Gasteiger partial charge in [-0.1, -0.05) is 24.3 Å². The largest absolute Gasteiger partial charge is 0.550 e. The van der Waals surface area contributed by atoms with Gasteiger partial charge >= 0.3 is 0 Å². The second kappa shape index (κ2) is 8.47. The van der Waals surface area contributed by atoms with Crippen molar-refractivity contribution in [1.82, 2.24) is 0 Å². The molecule has 3 rings (SSSR count). The van der Waals surface area contributed by atoms with Crippen molar-refractivity contribution in [2.45, 2.75) is 12.8 Å². The summed E-state index contributed by atoms with van der Waals surface area (Å²) >= 11 is 0. The number of carbonyl (C=O) groups excluding carboxylic acids is 3. The number of nitrogens with one attached hydrogen (secondary N) is 2. The molecule has 144 valence electrons. The highest BCUT2D eigenvalue weighted by Gasteiger charge is 2.30. The number of rotatable bonds is 5. The molecule has 2 atom stereocenters.